The number of ether oxygens (including phenoxy) is 2. The normalized spacial score (nSPS) is 15.6. The van der Waals surface area contributed by atoms with E-state index in [1.165, 1.54) is 0 Å². The number of carbonyl (C=O) groups excluding carboxylic acids is 1. The van der Waals surface area contributed by atoms with Crippen molar-refractivity contribution in [1.29, 1.82) is 0 Å². The highest BCUT2D eigenvalue weighted by Crippen LogP contribution is 2.31. The molecule has 2 aromatic rings. The summed E-state index contributed by atoms with van der Waals surface area (Å²) in [4.78, 5) is 13.7. The molecule has 0 unspecified atom stereocenters. The van der Waals surface area contributed by atoms with E-state index in [-0.39, 0.29) is 12.1 Å². The topological polar surface area (TPSA) is 56.6 Å². The molecule has 0 radical (unpaired) electrons. The maximum absolute atomic E-state index is 12.0. The smallest absolute Gasteiger partial charge is 0.410 e. The van der Waals surface area contributed by atoms with Crippen LogP contribution < -0.4 is 4.74 Å². The van der Waals surface area contributed by atoms with Crippen LogP contribution in [0.25, 0.3) is 10.9 Å². The Hall–Kier alpha value is -1.76. The number of aromatic nitrogens is 2. The largest absolute Gasteiger partial charge is 0.495 e. The second-order valence-electron chi connectivity index (χ2n) is 6.69. The first-order valence-electron chi connectivity index (χ1n) is 7.47. The molecule has 124 valence electrons. The molecule has 1 aliphatic heterocycles. The number of carbonyl (C=O) groups is 1. The number of amides is 1. The second kappa shape index (κ2) is 5.70. The molecule has 0 N–H and O–H groups in total. The molecular weight excluding hydrogens is 362 g/mol. The molecule has 1 fully saturated rings. The molecule has 7 heteroatoms. The number of hydrogen-bond acceptors (Lipinski definition) is 4. The summed E-state index contributed by atoms with van der Waals surface area (Å²) in [5, 5.41) is 5.63. The third kappa shape index (κ3) is 3.29. The van der Waals surface area contributed by atoms with Gasteiger partial charge in [-0.3, -0.25) is 4.68 Å². The first kappa shape index (κ1) is 16.1. The van der Waals surface area contributed by atoms with Crippen molar-refractivity contribution in [3.05, 3.63) is 22.8 Å². The van der Waals surface area contributed by atoms with Crippen molar-refractivity contribution in [2.45, 2.75) is 32.4 Å². The van der Waals surface area contributed by atoms with Gasteiger partial charge in [-0.2, -0.15) is 5.10 Å². The molecular formula is C16H20BrN3O3. The van der Waals surface area contributed by atoms with Crippen molar-refractivity contribution in [2.75, 3.05) is 20.2 Å². The Labute approximate surface area is 143 Å². The van der Waals surface area contributed by atoms with Crippen molar-refractivity contribution in [3.63, 3.8) is 0 Å². The number of benzene rings is 1. The van der Waals surface area contributed by atoms with Gasteiger partial charge in [0.1, 0.15) is 11.4 Å². The molecule has 0 bridgehead atoms. The summed E-state index contributed by atoms with van der Waals surface area (Å²) in [5.74, 6) is 0.756. The Kier molecular flexibility index (Phi) is 4.00. The minimum Gasteiger partial charge on any atom is -0.495 e. The molecule has 6 nitrogen and oxygen atoms in total. The maximum atomic E-state index is 12.0. The summed E-state index contributed by atoms with van der Waals surface area (Å²) in [6.45, 7) is 6.83. The van der Waals surface area contributed by atoms with E-state index in [0.717, 1.165) is 21.1 Å². The number of halogens is 1. The van der Waals surface area contributed by atoms with Crippen LogP contribution in [-0.4, -0.2) is 46.6 Å². The summed E-state index contributed by atoms with van der Waals surface area (Å²) in [6.07, 6.45) is 1.73. The number of nitrogens with zero attached hydrogens (tertiary/aromatic N) is 3. The van der Waals surface area contributed by atoms with Gasteiger partial charge >= 0.3 is 6.09 Å². The second-order valence-corrected chi connectivity index (χ2v) is 7.55. The number of rotatable bonds is 2. The van der Waals surface area contributed by atoms with Gasteiger partial charge in [0, 0.05) is 30.7 Å². The van der Waals surface area contributed by atoms with Gasteiger partial charge in [0.25, 0.3) is 0 Å². The van der Waals surface area contributed by atoms with Crippen LogP contribution in [0.15, 0.2) is 22.8 Å². The van der Waals surface area contributed by atoms with Gasteiger partial charge in [-0.05, 0) is 42.8 Å². The van der Waals surface area contributed by atoms with Crippen LogP contribution in [0.2, 0.25) is 0 Å². The van der Waals surface area contributed by atoms with Gasteiger partial charge in [0.2, 0.25) is 0 Å². The lowest BCUT2D eigenvalue weighted by Crippen LogP contribution is -2.52. The van der Waals surface area contributed by atoms with Crippen molar-refractivity contribution in [2.24, 2.45) is 0 Å². The Morgan fingerprint density at radius 1 is 1.35 bits per heavy atom. The standard InChI is InChI=1S/C16H20BrN3O3/c1-16(2,3)23-15(21)19-8-11(9-19)20-7-10-5-12(17)14(22-4)6-13(10)18-20/h5-7,11H,8-9H2,1-4H3. The molecule has 23 heavy (non-hydrogen) atoms. The molecule has 0 spiro atoms. The molecule has 0 saturated carbocycles. The fourth-order valence-electron chi connectivity index (χ4n) is 2.49. The van der Waals surface area contributed by atoms with Gasteiger partial charge in [0.15, 0.2) is 0 Å². The highest BCUT2D eigenvalue weighted by Gasteiger charge is 2.35. The first-order valence-corrected chi connectivity index (χ1v) is 8.26. The van der Waals surface area contributed by atoms with E-state index in [1.807, 2.05) is 43.8 Å². The van der Waals surface area contributed by atoms with E-state index in [4.69, 9.17) is 9.47 Å². The average Bonchev–Trinajstić information content (AvgIpc) is 2.75. The Morgan fingerprint density at radius 3 is 2.65 bits per heavy atom. The zero-order valence-corrected chi connectivity index (χ0v) is 15.3. The maximum Gasteiger partial charge on any atom is 0.410 e. The van der Waals surface area contributed by atoms with E-state index < -0.39 is 5.60 Å². The summed E-state index contributed by atoms with van der Waals surface area (Å²) >= 11 is 3.48. The monoisotopic (exact) mass is 381 g/mol. The number of methoxy groups -OCH3 is 1. The minimum absolute atomic E-state index is 0.180. The number of fused-ring (bicyclic) bond motifs is 1. The van der Waals surface area contributed by atoms with Crippen molar-refractivity contribution in [3.8, 4) is 5.75 Å². The molecule has 1 saturated heterocycles. The Morgan fingerprint density at radius 2 is 2.04 bits per heavy atom. The highest BCUT2D eigenvalue weighted by molar-refractivity contribution is 9.10. The summed E-state index contributed by atoms with van der Waals surface area (Å²) in [5.41, 5.74) is 0.409. The molecule has 1 aromatic heterocycles. The summed E-state index contributed by atoms with van der Waals surface area (Å²) in [7, 11) is 1.63. The van der Waals surface area contributed by atoms with Gasteiger partial charge in [0.05, 0.1) is 23.1 Å². The van der Waals surface area contributed by atoms with Crippen molar-refractivity contribution in [1.82, 2.24) is 14.7 Å². The lowest BCUT2D eigenvalue weighted by atomic mass is 10.1. The van der Waals surface area contributed by atoms with E-state index in [2.05, 4.69) is 21.0 Å². The van der Waals surface area contributed by atoms with Crippen LogP contribution in [-0.2, 0) is 4.74 Å². The van der Waals surface area contributed by atoms with Gasteiger partial charge in [-0.25, -0.2) is 4.79 Å². The molecule has 1 aliphatic rings. The van der Waals surface area contributed by atoms with Gasteiger partial charge in [-0.15, -0.1) is 0 Å². The quantitative estimate of drug-likeness (QED) is 0.797. The predicted octanol–water partition coefficient (Wildman–Crippen LogP) is 3.60. The Bertz CT molecular complexity index is 745. The van der Waals surface area contributed by atoms with Crippen LogP contribution in [0.3, 0.4) is 0 Å². The van der Waals surface area contributed by atoms with Crippen LogP contribution in [0.4, 0.5) is 4.79 Å². The van der Waals surface area contributed by atoms with Crippen LogP contribution in [0.1, 0.15) is 26.8 Å². The van der Waals surface area contributed by atoms with Crippen molar-refractivity contribution >= 4 is 32.9 Å². The first-order chi connectivity index (χ1) is 10.8. The highest BCUT2D eigenvalue weighted by atomic mass is 79.9. The third-order valence-corrected chi connectivity index (χ3v) is 4.30. The van der Waals surface area contributed by atoms with Gasteiger partial charge in [-0.1, -0.05) is 0 Å². The van der Waals surface area contributed by atoms with Crippen LogP contribution in [0.5, 0.6) is 5.75 Å². The van der Waals surface area contributed by atoms with Gasteiger partial charge < -0.3 is 14.4 Å². The minimum atomic E-state index is -0.467. The predicted molar refractivity (Wildman–Crippen MR) is 90.8 cm³/mol. The number of hydrogen-bond donors (Lipinski definition) is 0. The fraction of sp³-hybridized carbons (Fsp3) is 0.500. The zero-order chi connectivity index (χ0) is 16.8. The van der Waals surface area contributed by atoms with E-state index in [9.17, 15) is 4.79 Å². The van der Waals surface area contributed by atoms with E-state index in [0.29, 0.717) is 13.1 Å². The molecule has 0 aliphatic carbocycles. The van der Waals surface area contributed by atoms with Crippen LogP contribution in [0, 0.1) is 0 Å². The molecule has 0 atom stereocenters. The SMILES string of the molecule is COc1cc2nn(C3CN(C(=O)OC(C)(C)C)C3)cc2cc1Br. The fourth-order valence-corrected chi connectivity index (χ4v) is 3.01. The van der Waals surface area contributed by atoms with E-state index >= 15 is 0 Å². The molecule has 3 rings (SSSR count). The summed E-state index contributed by atoms with van der Waals surface area (Å²) < 4.78 is 13.5. The van der Waals surface area contributed by atoms with Crippen molar-refractivity contribution < 1.29 is 14.3 Å². The zero-order valence-electron chi connectivity index (χ0n) is 13.7. The summed E-state index contributed by atoms with van der Waals surface area (Å²) in [6, 6.07) is 4.07. The van der Waals surface area contributed by atoms with E-state index in [1.54, 1.807) is 12.0 Å². The lowest BCUT2D eigenvalue weighted by molar-refractivity contribution is -0.000292. The molecule has 2 heterocycles. The Balaban J connectivity index is 1.70. The molecule has 1 aromatic carbocycles. The third-order valence-electron chi connectivity index (χ3n) is 3.68. The average molecular weight is 382 g/mol. The lowest BCUT2D eigenvalue weighted by Gasteiger charge is -2.39. The number of likely N-dealkylation sites (tertiary alicyclic amines) is 1. The van der Waals surface area contributed by atoms with Crippen LogP contribution >= 0.6 is 15.9 Å². The molecule has 1 amide bonds.